The standard InChI is InChI=1S/C12H15FN2O3S/c13-11-5-4-9(19(14,17)18)8-10(11)12(16)15-6-2-1-3-7-15/h4-5,8H,1-3,6-7H2,(H2,14,17,18). The number of rotatable bonds is 2. The zero-order valence-corrected chi connectivity index (χ0v) is 11.1. The fraction of sp³-hybridized carbons (Fsp3) is 0.417. The fourth-order valence-electron chi connectivity index (χ4n) is 2.11. The minimum Gasteiger partial charge on any atom is -0.339 e. The van der Waals surface area contributed by atoms with Crippen molar-refractivity contribution in [1.29, 1.82) is 0 Å². The van der Waals surface area contributed by atoms with Crippen LogP contribution in [0.3, 0.4) is 0 Å². The first-order valence-electron chi connectivity index (χ1n) is 6.01. The number of benzene rings is 1. The average Bonchev–Trinajstić information content (AvgIpc) is 2.38. The number of hydrogen-bond acceptors (Lipinski definition) is 3. The second kappa shape index (κ2) is 5.26. The number of likely N-dealkylation sites (tertiary alicyclic amines) is 1. The van der Waals surface area contributed by atoms with Crippen molar-refractivity contribution in [2.24, 2.45) is 5.14 Å². The monoisotopic (exact) mass is 286 g/mol. The molecule has 19 heavy (non-hydrogen) atoms. The van der Waals surface area contributed by atoms with Crippen LogP contribution in [0.25, 0.3) is 0 Å². The predicted molar refractivity (Wildman–Crippen MR) is 67.5 cm³/mol. The van der Waals surface area contributed by atoms with E-state index in [2.05, 4.69) is 0 Å². The maximum atomic E-state index is 13.7. The third kappa shape index (κ3) is 3.10. The molecule has 2 N–H and O–H groups in total. The zero-order chi connectivity index (χ0) is 14.0. The molecular weight excluding hydrogens is 271 g/mol. The van der Waals surface area contributed by atoms with Gasteiger partial charge in [-0.2, -0.15) is 0 Å². The van der Waals surface area contributed by atoms with E-state index in [0.717, 1.165) is 37.5 Å². The molecule has 0 spiro atoms. The Kier molecular flexibility index (Phi) is 3.86. The Morgan fingerprint density at radius 2 is 1.84 bits per heavy atom. The molecule has 0 radical (unpaired) electrons. The number of amides is 1. The van der Waals surface area contributed by atoms with Gasteiger partial charge in [-0.15, -0.1) is 0 Å². The highest BCUT2D eigenvalue weighted by molar-refractivity contribution is 7.89. The summed E-state index contributed by atoms with van der Waals surface area (Å²) in [6.45, 7) is 1.13. The summed E-state index contributed by atoms with van der Waals surface area (Å²) in [5, 5.41) is 4.98. The van der Waals surface area contributed by atoms with Gasteiger partial charge in [0.05, 0.1) is 10.5 Å². The molecule has 104 valence electrons. The lowest BCUT2D eigenvalue weighted by Crippen LogP contribution is -2.36. The van der Waals surface area contributed by atoms with E-state index in [9.17, 15) is 17.6 Å². The molecule has 1 aromatic carbocycles. The lowest BCUT2D eigenvalue weighted by Gasteiger charge is -2.26. The van der Waals surface area contributed by atoms with Crippen LogP contribution in [0, 0.1) is 5.82 Å². The van der Waals surface area contributed by atoms with Crippen molar-refractivity contribution in [2.45, 2.75) is 24.2 Å². The highest BCUT2D eigenvalue weighted by Crippen LogP contribution is 2.18. The minimum atomic E-state index is -3.94. The van der Waals surface area contributed by atoms with Crippen molar-refractivity contribution < 1.29 is 17.6 Å². The summed E-state index contributed by atoms with van der Waals surface area (Å²) in [5.74, 6) is -1.22. The number of nitrogens with zero attached hydrogens (tertiary/aromatic N) is 1. The van der Waals surface area contributed by atoms with Crippen LogP contribution in [0.15, 0.2) is 23.1 Å². The molecule has 7 heteroatoms. The molecule has 0 aromatic heterocycles. The summed E-state index contributed by atoms with van der Waals surface area (Å²) in [6, 6.07) is 3.01. The van der Waals surface area contributed by atoms with Crippen molar-refractivity contribution >= 4 is 15.9 Å². The van der Waals surface area contributed by atoms with Crippen LogP contribution in [-0.4, -0.2) is 32.3 Å². The first-order valence-corrected chi connectivity index (χ1v) is 7.56. The number of carbonyl (C=O) groups excluding carboxylic acids is 1. The van der Waals surface area contributed by atoms with Gasteiger partial charge in [0, 0.05) is 13.1 Å². The van der Waals surface area contributed by atoms with Crippen LogP contribution >= 0.6 is 0 Å². The van der Waals surface area contributed by atoms with E-state index in [4.69, 9.17) is 5.14 Å². The van der Waals surface area contributed by atoms with Gasteiger partial charge in [0.2, 0.25) is 10.0 Å². The average molecular weight is 286 g/mol. The van der Waals surface area contributed by atoms with Crippen LogP contribution in [0.2, 0.25) is 0 Å². The Hall–Kier alpha value is -1.47. The first-order chi connectivity index (χ1) is 8.89. The molecular formula is C12H15FN2O3S. The molecule has 1 aliphatic rings. The number of sulfonamides is 1. The van der Waals surface area contributed by atoms with Gasteiger partial charge < -0.3 is 4.90 Å². The molecule has 0 aliphatic carbocycles. The predicted octanol–water partition coefficient (Wildman–Crippen LogP) is 1.10. The van der Waals surface area contributed by atoms with E-state index in [1.54, 1.807) is 0 Å². The summed E-state index contributed by atoms with van der Waals surface area (Å²) in [7, 11) is -3.94. The van der Waals surface area contributed by atoms with Crippen LogP contribution in [0.4, 0.5) is 4.39 Å². The summed E-state index contributed by atoms with van der Waals surface area (Å²) < 4.78 is 36.1. The lowest BCUT2D eigenvalue weighted by molar-refractivity contribution is 0.0719. The Bertz CT molecular complexity index is 595. The van der Waals surface area contributed by atoms with E-state index in [1.807, 2.05) is 0 Å². The number of halogens is 1. The molecule has 5 nitrogen and oxygen atoms in total. The van der Waals surface area contributed by atoms with Crippen molar-refractivity contribution in [2.75, 3.05) is 13.1 Å². The summed E-state index contributed by atoms with van der Waals surface area (Å²) in [5.41, 5.74) is -0.242. The Morgan fingerprint density at radius 1 is 1.21 bits per heavy atom. The van der Waals surface area contributed by atoms with Crippen molar-refractivity contribution in [3.63, 3.8) is 0 Å². The zero-order valence-electron chi connectivity index (χ0n) is 10.3. The van der Waals surface area contributed by atoms with Gasteiger partial charge in [-0.1, -0.05) is 0 Å². The second-order valence-corrected chi connectivity index (χ2v) is 6.10. The van der Waals surface area contributed by atoms with Crippen molar-refractivity contribution in [1.82, 2.24) is 4.90 Å². The molecule has 0 bridgehead atoms. The summed E-state index contributed by atoms with van der Waals surface area (Å²) in [6.07, 6.45) is 2.80. The molecule has 1 amide bonds. The van der Waals surface area contributed by atoms with Crippen molar-refractivity contribution in [3.05, 3.63) is 29.6 Å². The van der Waals surface area contributed by atoms with Gasteiger partial charge in [0.1, 0.15) is 5.82 Å². The van der Waals surface area contributed by atoms with Gasteiger partial charge in [0.15, 0.2) is 0 Å². The van der Waals surface area contributed by atoms with Gasteiger partial charge in [-0.05, 0) is 37.5 Å². The summed E-state index contributed by atoms with van der Waals surface area (Å²) in [4.78, 5) is 13.4. The normalized spacial score (nSPS) is 16.4. The maximum Gasteiger partial charge on any atom is 0.256 e. The quantitative estimate of drug-likeness (QED) is 0.884. The van der Waals surface area contributed by atoms with Gasteiger partial charge in [-0.25, -0.2) is 17.9 Å². The lowest BCUT2D eigenvalue weighted by atomic mass is 10.1. The third-order valence-electron chi connectivity index (χ3n) is 3.14. The number of primary sulfonamides is 1. The maximum absolute atomic E-state index is 13.7. The molecule has 1 saturated heterocycles. The minimum absolute atomic E-state index is 0.242. The van der Waals surface area contributed by atoms with Crippen LogP contribution in [0.1, 0.15) is 29.6 Å². The van der Waals surface area contributed by atoms with E-state index >= 15 is 0 Å². The molecule has 0 atom stereocenters. The molecule has 1 fully saturated rings. The summed E-state index contributed by atoms with van der Waals surface area (Å²) >= 11 is 0. The molecule has 1 aromatic rings. The van der Waals surface area contributed by atoms with Gasteiger partial charge in [0.25, 0.3) is 5.91 Å². The van der Waals surface area contributed by atoms with Crippen LogP contribution in [0.5, 0.6) is 0 Å². The highest BCUT2D eigenvalue weighted by Gasteiger charge is 2.22. The van der Waals surface area contributed by atoms with Crippen LogP contribution < -0.4 is 5.14 Å². The van der Waals surface area contributed by atoms with Gasteiger partial charge >= 0.3 is 0 Å². The van der Waals surface area contributed by atoms with Gasteiger partial charge in [-0.3, -0.25) is 4.79 Å². The fourth-order valence-corrected chi connectivity index (χ4v) is 2.65. The molecule has 1 aliphatic heterocycles. The van der Waals surface area contributed by atoms with Crippen molar-refractivity contribution in [3.8, 4) is 0 Å². The Labute approximate surface area is 111 Å². The number of carbonyl (C=O) groups is 1. The van der Waals surface area contributed by atoms with Crippen LogP contribution in [-0.2, 0) is 10.0 Å². The van der Waals surface area contributed by atoms with E-state index in [0.29, 0.717) is 13.1 Å². The largest absolute Gasteiger partial charge is 0.339 e. The number of nitrogens with two attached hydrogens (primary N) is 1. The number of piperidine rings is 1. The molecule has 0 saturated carbocycles. The third-order valence-corrected chi connectivity index (χ3v) is 4.05. The first kappa shape index (κ1) is 14.0. The Morgan fingerprint density at radius 3 is 2.42 bits per heavy atom. The second-order valence-electron chi connectivity index (χ2n) is 4.54. The SMILES string of the molecule is NS(=O)(=O)c1ccc(F)c(C(=O)N2CCCCC2)c1. The molecule has 0 unspecified atom stereocenters. The Balaban J connectivity index is 2.35. The van der Waals surface area contributed by atoms with E-state index in [1.165, 1.54) is 4.90 Å². The molecule has 2 rings (SSSR count). The van der Waals surface area contributed by atoms with E-state index < -0.39 is 21.7 Å². The number of hydrogen-bond donors (Lipinski definition) is 1. The highest BCUT2D eigenvalue weighted by atomic mass is 32.2. The smallest absolute Gasteiger partial charge is 0.256 e. The topological polar surface area (TPSA) is 80.5 Å². The molecule has 1 heterocycles. The van der Waals surface area contributed by atoms with E-state index in [-0.39, 0.29) is 10.5 Å².